The molecule has 0 aliphatic carbocycles. The Morgan fingerprint density at radius 3 is 2.61 bits per heavy atom. The number of piperidine rings is 1. The lowest BCUT2D eigenvalue weighted by molar-refractivity contribution is 0.270. The maximum atomic E-state index is 12.6. The molecular formula is C21H27N5O4S. The summed E-state index contributed by atoms with van der Waals surface area (Å²) in [6, 6.07) is 5.31. The summed E-state index contributed by atoms with van der Waals surface area (Å²) in [5.41, 5.74) is 1.51. The van der Waals surface area contributed by atoms with E-state index < -0.39 is 21.3 Å². The van der Waals surface area contributed by atoms with Crippen LogP contribution in [0.2, 0.25) is 0 Å². The number of hydrogen-bond donors (Lipinski definition) is 1. The largest absolute Gasteiger partial charge is 0.333 e. The van der Waals surface area contributed by atoms with E-state index in [1.54, 1.807) is 21.9 Å². The van der Waals surface area contributed by atoms with Crippen LogP contribution < -0.4 is 11.2 Å². The summed E-state index contributed by atoms with van der Waals surface area (Å²) in [6.07, 6.45) is 7.99. The molecule has 10 heteroatoms. The average molecular weight is 446 g/mol. The highest BCUT2D eigenvalue weighted by molar-refractivity contribution is 7.89. The lowest BCUT2D eigenvalue weighted by atomic mass is 9.91. The Hall–Kier alpha value is -2.72. The number of fused-ring (bicyclic) bond motifs is 1. The predicted molar refractivity (Wildman–Crippen MR) is 118 cm³/mol. The van der Waals surface area contributed by atoms with Gasteiger partial charge in [-0.05, 0) is 56.2 Å². The number of pyridine rings is 1. The third kappa shape index (κ3) is 4.22. The normalized spacial score (nSPS) is 17.2. The Morgan fingerprint density at radius 1 is 1.19 bits per heavy atom. The molecule has 1 unspecified atom stereocenters. The van der Waals surface area contributed by atoms with Crippen molar-refractivity contribution in [3.05, 3.63) is 63.2 Å². The van der Waals surface area contributed by atoms with E-state index in [0.717, 1.165) is 30.3 Å². The molecule has 166 valence electrons. The van der Waals surface area contributed by atoms with Crippen molar-refractivity contribution in [2.75, 3.05) is 13.1 Å². The van der Waals surface area contributed by atoms with Crippen LogP contribution in [0.1, 0.15) is 38.7 Å². The number of aromatic nitrogens is 4. The number of nitrogens with zero attached hydrogens (tertiary/aromatic N) is 4. The van der Waals surface area contributed by atoms with E-state index in [2.05, 4.69) is 10.1 Å². The molecule has 4 rings (SSSR count). The summed E-state index contributed by atoms with van der Waals surface area (Å²) >= 11 is 0. The summed E-state index contributed by atoms with van der Waals surface area (Å²) < 4.78 is 29.9. The minimum absolute atomic E-state index is 0.344. The molecule has 1 aliphatic heterocycles. The van der Waals surface area contributed by atoms with E-state index in [1.807, 2.05) is 25.3 Å². The van der Waals surface area contributed by atoms with E-state index in [0.29, 0.717) is 31.1 Å². The fraction of sp³-hybridized carbons (Fsp3) is 0.476. The number of aromatic amines is 1. The topological polar surface area (TPSA) is 110 Å². The molecule has 1 saturated heterocycles. The molecule has 1 N–H and O–H groups in total. The molecular weight excluding hydrogens is 418 g/mol. The molecule has 0 aromatic carbocycles. The minimum Gasteiger partial charge on any atom is -0.274 e. The lowest BCUT2D eigenvalue weighted by Gasteiger charge is -2.33. The molecule has 0 spiro atoms. The van der Waals surface area contributed by atoms with Gasteiger partial charge in [-0.1, -0.05) is 6.92 Å². The van der Waals surface area contributed by atoms with Crippen LogP contribution in [-0.2, 0) is 16.4 Å². The summed E-state index contributed by atoms with van der Waals surface area (Å²) in [7, 11) is -3.21. The molecule has 1 fully saturated rings. The SMILES string of the molecule is CCC(C)S(=O)(=O)N1CCC(Cc2ccn3ncc(-n4ccc(=O)[nH]c4=O)c3c2)CC1. The number of nitrogens with one attached hydrogen (secondary N) is 1. The third-order valence-electron chi connectivity index (χ3n) is 6.19. The Morgan fingerprint density at radius 2 is 1.94 bits per heavy atom. The predicted octanol–water partition coefficient (Wildman–Crippen LogP) is 1.56. The molecule has 3 aromatic heterocycles. The van der Waals surface area contributed by atoms with Gasteiger partial charge in [-0.2, -0.15) is 5.10 Å². The van der Waals surface area contributed by atoms with Gasteiger partial charge >= 0.3 is 5.69 Å². The first-order chi connectivity index (χ1) is 14.8. The first kappa shape index (κ1) is 21.5. The molecule has 1 atom stereocenters. The van der Waals surface area contributed by atoms with Gasteiger partial charge in [0.1, 0.15) is 0 Å². The van der Waals surface area contributed by atoms with Crippen LogP contribution in [0.5, 0.6) is 0 Å². The molecule has 0 amide bonds. The minimum atomic E-state index is -3.21. The zero-order valence-electron chi connectivity index (χ0n) is 17.7. The maximum absolute atomic E-state index is 12.6. The average Bonchev–Trinajstić information content (AvgIpc) is 3.16. The summed E-state index contributed by atoms with van der Waals surface area (Å²) in [6.45, 7) is 4.79. The van der Waals surface area contributed by atoms with Crippen LogP contribution >= 0.6 is 0 Å². The Kier molecular flexibility index (Phi) is 5.85. The van der Waals surface area contributed by atoms with Crippen LogP contribution in [0, 0.1) is 5.92 Å². The highest BCUT2D eigenvalue weighted by atomic mass is 32.2. The van der Waals surface area contributed by atoms with E-state index in [-0.39, 0.29) is 5.25 Å². The van der Waals surface area contributed by atoms with Gasteiger partial charge in [-0.25, -0.2) is 22.0 Å². The Bertz CT molecular complexity index is 1300. The molecule has 0 radical (unpaired) electrons. The summed E-state index contributed by atoms with van der Waals surface area (Å²) in [5, 5.41) is 3.96. The number of H-pyrrole nitrogens is 1. The Balaban J connectivity index is 1.52. The van der Waals surface area contributed by atoms with E-state index in [1.165, 1.54) is 16.8 Å². The summed E-state index contributed by atoms with van der Waals surface area (Å²) in [4.78, 5) is 25.8. The van der Waals surface area contributed by atoms with Gasteiger partial charge in [0.05, 0.1) is 22.7 Å². The van der Waals surface area contributed by atoms with E-state index >= 15 is 0 Å². The maximum Gasteiger partial charge on any atom is 0.333 e. The van der Waals surface area contributed by atoms with Crippen molar-refractivity contribution < 1.29 is 8.42 Å². The Labute approximate surface area is 180 Å². The van der Waals surface area contributed by atoms with Gasteiger partial charge in [-0.3, -0.25) is 14.3 Å². The van der Waals surface area contributed by atoms with Gasteiger partial charge in [0.25, 0.3) is 5.56 Å². The van der Waals surface area contributed by atoms with Crippen molar-refractivity contribution in [2.45, 2.75) is 44.8 Å². The smallest absolute Gasteiger partial charge is 0.274 e. The van der Waals surface area contributed by atoms with Crippen molar-refractivity contribution in [1.29, 1.82) is 0 Å². The van der Waals surface area contributed by atoms with Crippen molar-refractivity contribution in [2.24, 2.45) is 5.92 Å². The summed E-state index contributed by atoms with van der Waals surface area (Å²) in [5.74, 6) is 0.396. The van der Waals surface area contributed by atoms with Crippen LogP contribution in [0.15, 0.2) is 46.4 Å². The van der Waals surface area contributed by atoms with Crippen molar-refractivity contribution in [3.63, 3.8) is 0 Å². The van der Waals surface area contributed by atoms with E-state index in [9.17, 15) is 18.0 Å². The zero-order chi connectivity index (χ0) is 22.2. The van der Waals surface area contributed by atoms with Crippen LogP contribution in [0.25, 0.3) is 11.2 Å². The molecule has 1 aliphatic rings. The van der Waals surface area contributed by atoms with E-state index in [4.69, 9.17) is 0 Å². The van der Waals surface area contributed by atoms with Crippen LogP contribution in [0.4, 0.5) is 0 Å². The van der Waals surface area contributed by atoms with Gasteiger partial charge in [0.2, 0.25) is 10.0 Å². The van der Waals surface area contributed by atoms with Gasteiger partial charge in [0.15, 0.2) is 0 Å². The van der Waals surface area contributed by atoms with Gasteiger partial charge in [0, 0.05) is 31.5 Å². The first-order valence-corrected chi connectivity index (χ1v) is 12.1. The quantitative estimate of drug-likeness (QED) is 0.619. The number of sulfonamides is 1. The van der Waals surface area contributed by atoms with Gasteiger partial charge < -0.3 is 0 Å². The molecule has 31 heavy (non-hydrogen) atoms. The molecule has 3 aromatic rings. The fourth-order valence-corrected chi connectivity index (χ4v) is 5.75. The van der Waals surface area contributed by atoms with Crippen molar-refractivity contribution in [3.8, 4) is 5.69 Å². The first-order valence-electron chi connectivity index (χ1n) is 10.6. The van der Waals surface area contributed by atoms with Gasteiger partial charge in [-0.15, -0.1) is 0 Å². The number of rotatable bonds is 6. The standard InChI is InChI=1S/C21H27N5O4S/c1-3-15(2)31(29,30)24-8-4-16(5-9-24)12-17-6-11-26-18(13-17)19(14-22-26)25-10-7-20(27)23-21(25)28/h6-7,10-11,13-16H,3-5,8-9,12H2,1-2H3,(H,23,27,28). The molecule has 9 nitrogen and oxygen atoms in total. The molecule has 0 bridgehead atoms. The van der Waals surface area contributed by atoms with Crippen LogP contribution in [-0.4, -0.2) is 50.2 Å². The number of hydrogen-bond acceptors (Lipinski definition) is 5. The van der Waals surface area contributed by atoms with Crippen molar-refractivity contribution in [1.82, 2.24) is 23.5 Å². The highest BCUT2D eigenvalue weighted by Gasteiger charge is 2.31. The van der Waals surface area contributed by atoms with Crippen molar-refractivity contribution >= 4 is 15.5 Å². The highest BCUT2D eigenvalue weighted by Crippen LogP contribution is 2.26. The van der Waals surface area contributed by atoms with Crippen LogP contribution in [0.3, 0.4) is 0 Å². The fourth-order valence-electron chi connectivity index (χ4n) is 4.10. The lowest BCUT2D eigenvalue weighted by Crippen LogP contribution is -2.42. The molecule has 0 saturated carbocycles. The second kappa shape index (κ2) is 8.43. The third-order valence-corrected chi connectivity index (χ3v) is 8.63. The zero-order valence-corrected chi connectivity index (χ0v) is 18.5. The molecule has 4 heterocycles. The second-order valence-corrected chi connectivity index (χ2v) is 10.5. The monoisotopic (exact) mass is 445 g/mol. The second-order valence-electron chi connectivity index (χ2n) is 8.19.